The number of halogens is 1. The average molecular weight is 446 g/mol. The van der Waals surface area contributed by atoms with Crippen LogP contribution >= 0.6 is 22.9 Å². The number of aryl methyl sites for hydroxylation is 2. The highest BCUT2D eigenvalue weighted by Crippen LogP contribution is 2.34. The normalized spacial score (nSPS) is 11.2. The SMILES string of the molecule is Cc1cc(Oc2ccc(C(N)=NOC(=O)c3cccs3)cc2[N+](=O)[O-])cc(C)c1Cl. The topological polar surface area (TPSA) is 117 Å². The van der Waals surface area contributed by atoms with Gasteiger partial charge in [0.2, 0.25) is 5.75 Å². The number of nitrogens with zero attached hydrogens (tertiary/aromatic N) is 2. The largest absolute Gasteiger partial charge is 0.450 e. The molecule has 1 heterocycles. The van der Waals surface area contributed by atoms with Gasteiger partial charge in [-0.1, -0.05) is 22.8 Å². The number of rotatable bonds is 6. The van der Waals surface area contributed by atoms with Crippen LogP contribution in [0.2, 0.25) is 5.02 Å². The first-order chi connectivity index (χ1) is 14.3. The summed E-state index contributed by atoms with van der Waals surface area (Å²) in [6, 6.07) is 10.7. The summed E-state index contributed by atoms with van der Waals surface area (Å²) in [6.07, 6.45) is 0. The molecule has 8 nitrogen and oxygen atoms in total. The van der Waals surface area contributed by atoms with Crippen molar-refractivity contribution in [2.24, 2.45) is 10.9 Å². The van der Waals surface area contributed by atoms with Gasteiger partial charge in [0.05, 0.1) is 4.92 Å². The van der Waals surface area contributed by atoms with Crippen LogP contribution in [0.15, 0.2) is 53.0 Å². The van der Waals surface area contributed by atoms with E-state index in [4.69, 9.17) is 26.9 Å². The van der Waals surface area contributed by atoms with Gasteiger partial charge in [-0.05, 0) is 60.7 Å². The van der Waals surface area contributed by atoms with Crippen molar-refractivity contribution in [3.8, 4) is 11.5 Å². The van der Waals surface area contributed by atoms with Crippen molar-refractivity contribution >= 4 is 40.4 Å². The number of carbonyl (C=O) groups excluding carboxylic acids is 1. The molecule has 0 radical (unpaired) electrons. The Balaban J connectivity index is 1.85. The Morgan fingerprint density at radius 3 is 2.50 bits per heavy atom. The molecule has 3 aromatic rings. The molecular formula is C20H16ClN3O5S. The lowest BCUT2D eigenvalue weighted by molar-refractivity contribution is -0.385. The van der Waals surface area contributed by atoms with E-state index in [0.717, 1.165) is 11.1 Å². The molecule has 0 unspecified atom stereocenters. The van der Waals surface area contributed by atoms with Gasteiger partial charge in [0.15, 0.2) is 5.84 Å². The maximum absolute atomic E-state index is 11.8. The highest BCUT2D eigenvalue weighted by Gasteiger charge is 2.19. The number of amidine groups is 1. The Hall–Kier alpha value is -3.43. The summed E-state index contributed by atoms with van der Waals surface area (Å²) in [5.41, 5.74) is 7.28. The van der Waals surface area contributed by atoms with Crippen LogP contribution in [-0.4, -0.2) is 16.7 Å². The van der Waals surface area contributed by atoms with Crippen molar-refractivity contribution in [1.82, 2.24) is 0 Å². The molecule has 154 valence electrons. The Bertz CT molecular complexity index is 1120. The Kier molecular flexibility index (Phi) is 6.34. The van der Waals surface area contributed by atoms with Gasteiger partial charge in [0.1, 0.15) is 10.6 Å². The molecule has 0 atom stereocenters. The van der Waals surface area contributed by atoms with Gasteiger partial charge in [0, 0.05) is 16.7 Å². The molecule has 0 aliphatic heterocycles. The molecule has 2 N–H and O–H groups in total. The second kappa shape index (κ2) is 8.93. The summed E-state index contributed by atoms with van der Waals surface area (Å²) in [5, 5.41) is 17.4. The molecule has 1 aromatic heterocycles. The number of hydrogen-bond acceptors (Lipinski definition) is 7. The molecule has 0 saturated heterocycles. The van der Waals surface area contributed by atoms with Gasteiger partial charge in [0.25, 0.3) is 0 Å². The highest BCUT2D eigenvalue weighted by atomic mass is 35.5. The zero-order chi connectivity index (χ0) is 21.8. The van der Waals surface area contributed by atoms with Crippen molar-refractivity contribution in [2.45, 2.75) is 13.8 Å². The van der Waals surface area contributed by atoms with Gasteiger partial charge >= 0.3 is 11.7 Å². The van der Waals surface area contributed by atoms with Gasteiger partial charge in [-0.2, -0.15) is 0 Å². The second-order valence-electron chi connectivity index (χ2n) is 6.25. The Labute approximate surface area is 180 Å². The van der Waals surface area contributed by atoms with E-state index in [1.54, 1.807) is 29.6 Å². The van der Waals surface area contributed by atoms with Crippen molar-refractivity contribution in [3.63, 3.8) is 0 Å². The standard InChI is InChI=1S/C20H16ClN3O5S/c1-11-8-14(9-12(2)18(11)21)28-16-6-5-13(10-15(16)24(26)27)19(22)23-29-20(25)17-4-3-7-30-17/h3-10H,1-2H3,(H2,22,23). The van der Waals surface area contributed by atoms with Gasteiger partial charge in [-0.3, -0.25) is 10.1 Å². The predicted octanol–water partition coefficient (Wildman–Crippen LogP) is 5.20. The third kappa shape index (κ3) is 4.76. The molecule has 10 heteroatoms. The van der Waals surface area contributed by atoms with E-state index in [2.05, 4.69) is 5.16 Å². The number of thiophene rings is 1. The monoisotopic (exact) mass is 445 g/mol. The maximum Gasteiger partial charge on any atom is 0.375 e. The van der Waals surface area contributed by atoms with E-state index in [1.165, 1.54) is 29.5 Å². The highest BCUT2D eigenvalue weighted by molar-refractivity contribution is 7.11. The lowest BCUT2D eigenvalue weighted by Gasteiger charge is -2.10. The molecule has 2 aromatic carbocycles. The fraction of sp³-hybridized carbons (Fsp3) is 0.100. The molecule has 0 bridgehead atoms. The molecule has 0 aliphatic rings. The summed E-state index contributed by atoms with van der Waals surface area (Å²) >= 11 is 7.34. The van der Waals surface area contributed by atoms with Gasteiger partial charge < -0.3 is 15.3 Å². The number of benzene rings is 2. The molecule has 0 fully saturated rings. The van der Waals surface area contributed by atoms with Crippen molar-refractivity contribution in [1.29, 1.82) is 0 Å². The Morgan fingerprint density at radius 2 is 1.90 bits per heavy atom. The minimum Gasteiger partial charge on any atom is -0.450 e. The molecule has 0 spiro atoms. The minimum absolute atomic E-state index is 0.0215. The zero-order valence-electron chi connectivity index (χ0n) is 15.9. The number of nitro groups is 1. The van der Waals surface area contributed by atoms with E-state index in [9.17, 15) is 14.9 Å². The van der Waals surface area contributed by atoms with E-state index < -0.39 is 10.9 Å². The number of nitro benzene ring substituents is 1. The Morgan fingerprint density at radius 1 is 1.20 bits per heavy atom. The van der Waals surface area contributed by atoms with Crippen molar-refractivity contribution in [2.75, 3.05) is 0 Å². The first-order valence-corrected chi connectivity index (χ1v) is 9.83. The first-order valence-electron chi connectivity index (χ1n) is 8.58. The van der Waals surface area contributed by atoms with E-state index in [0.29, 0.717) is 15.6 Å². The zero-order valence-corrected chi connectivity index (χ0v) is 17.5. The quantitative estimate of drug-likeness (QED) is 0.183. The molecule has 3 rings (SSSR count). The summed E-state index contributed by atoms with van der Waals surface area (Å²) in [7, 11) is 0. The van der Waals surface area contributed by atoms with Crippen molar-refractivity contribution in [3.05, 3.63) is 84.5 Å². The third-order valence-corrected chi connectivity index (χ3v) is 5.48. The van der Waals surface area contributed by atoms with Crippen LogP contribution in [0.1, 0.15) is 26.4 Å². The first kappa shape index (κ1) is 21.3. The maximum atomic E-state index is 11.8. The molecular weight excluding hydrogens is 430 g/mol. The molecule has 0 saturated carbocycles. The van der Waals surface area contributed by atoms with E-state index >= 15 is 0 Å². The number of nitrogens with two attached hydrogens (primary N) is 1. The van der Waals surface area contributed by atoms with Gasteiger partial charge in [-0.15, -0.1) is 11.3 Å². The fourth-order valence-corrected chi connectivity index (χ4v) is 3.28. The predicted molar refractivity (Wildman–Crippen MR) is 115 cm³/mol. The van der Waals surface area contributed by atoms with Crippen LogP contribution in [-0.2, 0) is 4.84 Å². The van der Waals surface area contributed by atoms with E-state index in [-0.39, 0.29) is 22.8 Å². The average Bonchev–Trinajstić information content (AvgIpc) is 3.25. The molecule has 0 aliphatic carbocycles. The van der Waals surface area contributed by atoms with E-state index in [1.807, 2.05) is 13.8 Å². The number of carbonyl (C=O) groups is 1. The summed E-state index contributed by atoms with van der Waals surface area (Å²) in [6.45, 7) is 3.63. The summed E-state index contributed by atoms with van der Waals surface area (Å²) in [4.78, 5) is 27.9. The molecule has 0 amide bonds. The second-order valence-corrected chi connectivity index (χ2v) is 7.57. The summed E-state index contributed by atoms with van der Waals surface area (Å²) in [5.74, 6) is -0.423. The van der Waals surface area contributed by atoms with Crippen LogP contribution in [0.25, 0.3) is 0 Å². The van der Waals surface area contributed by atoms with Crippen LogP contribution in [0, 0.1) is 24.0 Å². The number of hydrogen-bond donors (Lipinski definition) is 1. The van der Waals surface area contributed by atoms with Crippen molar-refractivity contribution < 1.29 is 19.3 Å². The smallest absolute Gasteiger partial charge is 0.375 e. The van der Waals surface area contributed by atoms with Crippen LogP contribution in [0.4, 0.5) is 5.69 Å². The molecule has 30 heavy (non-hydrogen) atoms. The fourth-order valence-electron chi connectivity index (χ4n) is 2.58. The van der Waals surface area contributed by atoms with Gasteiger partial charge in [-0.25, -0.2) is 4.79 Å². The third-order valence-electron chi connectivity index (χ3n) is 4.04. The minimum atomic E-state index is -0.670. The lowest BCUT2D eigenvalue weighted by atomic mass is 10.1. The van der Waals surface area contributed by atoms with Crippen LogP contribution in [0.5, 0.6) is 11.5 Å². The summed E-state index contributed by atoms with van der Waals surface area (Å²) < 4.78 is 5.70. The lowest BCUT2D eigenvalue weighted by Crippen LogP contribution is -2.15. The van der Waals surface area contributed by atoms with Crippen LogP contribution < -0.4 is 10.5 Å². The van der Waals surface area contributed by atoms with Crippen LogP contribution in [0.3, 0.4) is 0 Å². The number of ether oxygens (including phenoxy) is 1. The number of oxime groups is 1.